The third-order valence-corrected chi connectivity index (χ3v) is 4.21. The Morgan fingerprint density at radius 1 is 1.07 bits per heavy atom. The van der Waals surface area contributed by atoms with Crippen molar-refractivity contribution in [1.82, 2.24) is 9.97 Å². The minimum atomic E-state index is -3.06. The zero-order chi connectivity index (χ0) is 29.2. The summed E-state index contributed by atoms with van der Waals surface area (Å²) in [5.41, 5.74) is 0.693. The Hall–Kier alpha value is -2.49. The van der Waals surface area contributed by atoms with Crippen LogP contribution in [0.2, 0.25) is 0 Å². The summed E-state index contributed by atoms with van der Waals surface area (Å²) in [4.78, 5) is 8.30. The van der Waals surface area contributed by atoms with Crippen LogP contribution in [0.25, 0.3) is 10.9 Å². The molecule has 7 nitrogen and oxygen atoms in total. The number of anilines is 2. The number of halogens is 2. The summed E-state index contributed by atoms with van der Waals surface area (Å²) in [7, 11) is -6.12. The summed E-state index contributed by atoms with van der Waals surface area (Å²) in [6.45, 7) is -7.37. The maximum Gasteiger partial charge on any atom is 0.163 e. The van der Waals surface area contributed by atoms with E-state index in [1.54, 1.807) is 0 Å². The Morgan fingerprint density at radius 3 is 2.48 bits per heavy atom. The standard InChI is InChI=1S/C20H21BrFN3O4/c1-26-5-7-28-18-10-14-17(11-19(18)29-8-6-27-2)23-12-24-20(14)25-13-3-4-16(22)15(21)9-13/h3-4,9-12H,5-8H2,1-2H3,(H,23,24,25)/i1D3,2D3,5D2,6D2. The molecule has 0 amide bonds. The molecule has 0 bridgehead atoms. The number of aromatic nitrogens is 2. The summed E-state index contributed by atoms with van der Waals surface area (Å²) in [5, 5.41) is 3.29. The fourth-order valence-electron chi connectivity index (χ4n) is 2.37. The van der Waals surface area contributed by atoms with E-state index in [-0.39, 0.29) is 27.3 Å². The van der Waals surface area contributed by atoms with Gasteiger partial charge in [0.25, 0.3) is 0 Å². The summed E-state index contributed by atoms with van der Waals surface area (Å²) < 4.78 is 107. The second kappa shape index (κ2) is 10.3. The Kier molecular flexibility index (Phi) is 4.15. The van der Waals surface area contributed by atoms with E-state index in [4.69, 9.17) is 23.2 Å². The van der Waals surface area contributed by atoms with Crippen molar-refractivity contribution in [3.8, 4) is 11.5 Å². The second-order valence-electron chi connectivity index (χ2n) is 5.36. The van der Waals surface area contributed by atoms with Gasteiger partial charge < -0.3 is 24.3 Å². The van der Waals surface area contributed by atoms with Gasteiger partial charge in [-0.2, -0.15) is 0 Å². The van der Waals surface area contributed by atoms with Crippen molar-refractivity contribution < 1.29 is 37.0 Å². The number of nitrogens with one attached hydrogen (secondary N) is 1. The first kappa shape index (κ1) is 11.6. The van der Waals surface area contributed by atoms with Crippen LogP contribution in [0, 0.1) is 5.82 Å². The minimum absolute atomic E-state index is 0.190. The van der Waals surface area contributed by atoms with Crippen LogP contribution < -0.4 is 14.8 Å². The average molecular weight is 476 g/mol. The van der Waals surface area contributed by atoms with Gasteiger partial charge in [0.2, 0.25) is 0 Å². The molecule has 2 aromatic carbocycles. The van der Waals surface area contributed by atoms with E-state index in [1.165, 1.54) is 36.7 Å². The molecule has 0 atom stereocenters. The highest BCUT2D eigenvalue weighted by molar-refractivity contribution is 9.10. The fraction of sp³-hybridized carbons (Fsp3) is 0.300. The first-order valence-corrected chi connectivity index (χ1v) is 8.79. The molecule has 0 aliphatic rings. The number of hydrogen-bond acceptors (Lipinski definition) is 7. The molecule has 1 N–H and O–H groups in total. The van der Waals surface area contributed by atoms with Gasteiger partial charge in [-0.05, 0) is 40.2 Å². The molecule has 1 heterocycles. The molecule has 0 unspecified atom stereocenters. The van der Waals surface area contributed by atoms with Gasteiger partial charge in [-0.3, -0.25) is 0 Å². The fourth-order valence-corrected chi connectivity index (χ4v) is 2.75. The Balaban J connectivity index is 1.99. The molecule has 0 aliphatic heterocycles. The van der Waals surface area contributed by atoms with Crippen LogP contribution in [0.3, 0.4) is 0 Å². The molecule has 0 fully saturated rings. The van der Waals surface area contributed by atoms with Gasteiger partial charge in [0.15, 0.2) is 11.5 Å². The highest BCUT2D eigenvalue weighted by atomic mass is 79.9. The number of rotatable bonds is 10. The third kappa shape index (κ3) is 5.53. The monoisotopic (exact) mass is 475 g/mol. The minimum Gasteiger partial charge on any atom is -0.487 e. The van der Waals surface area contributed by atoms with Gasteiger partial charge in [0.05, 0.1) is 36.8 Å². The second-order valence-corrected chi connectivity index (χ2v) is 6.22. The predicted octanol–water partition coefficient (Wildman–Crippen LogP) is 4.33. The molecule has 0 aliphatic carbocycles. The summed E-state index contributed by atoms with van der Waals surface area (Å²) in [5.74, 6) is -0.665. The van der Waals surface area contributed by atoms with Crippen molar-refractivity contribution in [2.75, 3.05) is 45.7 Å². The first-order valence-electron chi connectivity index (χ1n) is 13.0. The summed E-state index contributed by atoms with van der Waals surface area (Å²) in [6.07, 6.45) is 1.20. The highest BCUT2D eigenvalue weighted by Crippen LogP contribution is 2.35. The molecule has 154 valence electrons. The zero-order valence-electron chi connectivity index (χ0n) is 24.7. The van der Waals surface area contributed by atoms with Gasteiger partial charge in [-0.15, -0.1) is 0 Å². The van der Waals surface area contributed by atoms with Crippen LogP contribution in [0.15, 0.2) is 41.1 Å². The maximum atomic E-state index is 13.6. The van der Waals surface area contributed by atoms with E-state index in [1.807, 2.05) is 0 Å². The largest absolute Gasteiger partial charge is 0.487 e. The van der Waals surface area contributed by atoms with Crippen LogP contribution in [0.5, 0.6) is 11.5 Å². The van der Waals surface area contributed by atoms with E-state index in [2.05, 4.69) is 40.7 Å². The summed E-state index contributed by atoms with van der Waals surface area (Å²) in [6, 6.07) is 6.75. The molecule has 29 heavy (non-hydrogen) atoms. The average Bonchev–Trinajstić information content (AvgIpc) is 2.76. The number of fused-ring (bicyclic) bond motifs is 1. The van der Waals surface area contributed by atoms with E-state index in [9.17, 15) is 4.39 Å². The quantitative estimate of drug-likeness (QED) is 0.467. The van der Waals surface area contributed by atoms with Gasteiger partial charge in [0.1, 0.15) is 31.2 Å². The molecule has 0 radical (unpaired) electrons. The van der Waals surface area contributed by atoms with Gasteiger partial charge in [-0.25, -0.2) is 14.4 Å². The molecular weight excluding hydrogens is 445 g/mol. The highest BCUT2D eigenvalue weighted by Gasteiger charge is 2.13. The van der Waals surface area contributed by atoms with Crippen LogP contribution in [-0.2, 0) is 9.47 Å². The van der Waals surface area contributed by atoms with Crippen LogP contribution >= 0.6 is 15.9 Å². The normalized spacial score (nSPS) is 17.9. The van der Waals surface area contributed by atoms with Crippen LogP contribution in [-0.4, -0.2) is 50.4 Å². The van der Waals surface area contributed by atoms with E-state index >= 15 is 0 Å². The van der Waals surface area contributed by atoms with Gasteiger partial charge in [-0.1, -0.05) is 0 Å². The lowest BCUT2D eigenvalue weighted by Gasteiger charge is -2.15. The van der Waals surface area contributed by atoms with Crippen molar-refractivity contribution in [1.29, 1.82) is 0 Å². The molecule has 1 aromatic heterocycles. The van der Waals surface area contributed by atoms with Crippen molar-refractivity contribution in [2.45, 2.75) is 0 Å². The Morgan fingerprint density at radius 2 is 1.79 bits per heavy atom. The molecular formula is C20H21BrFN3O4. The molecule has 3 rings (SSSR count). The van der Waals surface area contributed by atoms with Gasteiger partial charge in [0, 0.05) is 31.2 Å². The number of nitrogens with zero attached hydrogens (tertiary/aromatic N) is 2. The van der Waals surface area contributed by atoms with E-state index in [0.29, 0.717) is 11.1 Å². The van der Waals surface area contributed by atoms with Crippen molar-refractivity contribution in [3.63, 3.8) is 0 Å². The van der Waals surface area contributed by atoms with E-state index < -0.39 is 46.2 Å². The van der Waals surface area contributed by atoms with Crippen LogP contribution in [0.4, 0.5) is 15.9 Å². The van der Waals surface area contributed by atoms with E-state index in [0.717, 1.165) is 0 Å². The first-order chi connectivity index (χ1) is 17.8. The Bertz CT molecular complexity index is 1330. The topological polar surface area (TPSA) is 74.7 Å². The van der Waals surface area contributed by atoms with Crippen molar-refractivity contribution in [3.05, 3.63) is 46.9 Å². The smallest absolute Gasteiger partial charge is 0.163 e. The Labute approximate surface area is 190 Å². The lowest BCUT2D eigenvalue weighted by molar-refractivity contribution is 0.132. The van der Waals surface area contributed by atoms with Gasteiger partial charge >= 0.3 is 0 Å². The molecule has 0 saturated carbocycles. The van der Waals surface area contributed by atoms with Crippen LogP contribution in [0.1, 0.15) is 13.7 Å². The molecule has 0 spiro atoms. The lowest BCUT2D eigenvalue weighted by Crippen LogP contribution is -2.09. The molecule has 9 heteroatoms. The number of hydrogen-bond donors (Lipinski definition) is 1. The van der Waals surface area contributed by atoms with Crippen molar-refractivity contribution in [2.24, 2.45) is 0 Å². The maximum absolute atomic E-state index is 13.6. The molecule has 3 aromatic rings. The number of ether oxygens (including phenoxy) is 4. The SMILES string of the molecule is [2H]C([2H])([2H])OC([2H])([2H])COc1cc2ncnc(Nc3ccc(F)c(Br)c3)c2cc1OCC([2H])([2H])OC([2H])([2H])[2H]. The zero-order valence-corrected chi connectivity index (χ0v) is 16.2. The summed E-state index contributed by atoms with van der Waals surface area (Å²) >= 11 is 3.09. The third-order valence-electron chi connectivity index (χ3n) is 3.60. The predicted molar refractivity (Wildman–Crippen MR) is 112 cm³/mol. The molecule has 0 saturated heterocycles. The number of methoxy groups -OCH3 is 2. The number of benzene rings is 2. The van der Waals surface area contributed by atoms with Crippen molar-refractivity contribution >= 4 is 38.3 Å². The lowest BCUT2D eigenvalue weighted by atomic mass is 10.2.